The fraction of sp³-hybridized carbons (Fsp3) is 0.0333. The summed E-state index contributed by atoms with van der Waals surface area (Å²) in [6.45, 7) is 4.27. The first-order valence-corrected chi connectivity index (χ1v) is 21.5. The topological polar surface area (TPSA) is 29.0 Å². The maximum Gasteiger partial charge on any atom is 0.0709 e. The van der Waals surface area contributed by atoms with Crippen molar-refractivity contribution < 1.29 is 0 Å². The van der Waals surface area contributed by atoms with Crippen LogP contribution in [0.2, 0.25) is 0 Å². The fourth-order valence-electron chi connectivity index (χ4n) is 8.55. The number of benzene rings is 8. The molecule has 10 aromatic rings. The quantitative estimate of drug-likeness (QED) is 0.138. The van der Waals surface area contributed by atoms with Gasteiger partial charge in [0, 0.05) is 40.5 Å². The summed E-state index contributed by atoms with van der Waals surface area (Å²) in [5.74, 6) is 0. The van der Waals surface area contributed by atoms with Crippen LogP contribution in [0.4, 0.5) is 17.1 Å². The van der Waals surface area contributed by atoms with E-state index in [2.05, 4.69) is 243 Å². The Labute approximate surface area is 370 Å². The summed E-state index contributed by atoms with van der Waals surface area (Å²) >= 11 is 0. The van der Waals surface area contributed by atoms with Gasteiger partial charge in [-0.05, 0) is 130 Å². The summed E-state index contributed by atoms with van der Waals surface area (Å²) in [6.07, 6.45) is 4.01. The maximum absolute atomic E-state index is 5.10. The molecule has 0 N–H and O–H groups in total. The monoisotopic (exact) mass is 807 g/mol. The first-order valence-electron chi connectivity index (χ1n) is 21.5. The highest BCUT2D eigenvalue weighted by molar-refractivity contribution is 5.93. The van der Waals surface area contributed by atoms with E-state index in [-0.39, 0.29) is 0 Å². The highest BCUT2D eigenvalue weighted by Crippen LogP contribution is 2.46. The zero-order valence-corrected chi connectivity index (χ0v) is 35.4. The predicted octanol–water partition coefficient (Wildman–Crippen LogP) is 16.2. The molecule has 0 saturated carbocycles. The summed E-state index contributed by atoms with van der Waals surface area (Å²) in [5.41, 5.74) is 20.6. The van der Waals surface area contributed by atoms with Crippen molar-refractivity contribution in [2.24, 2.45) is 0 Å². The van der Waals surface area contributed by atoms with Crippen LogP contribution in [-0.2, 0) is 0 Å². The fourth-order valence-corrected chi connectivity index (χ4v) is 8.55. The Hall–Kier alpha value is -8.14. The average molecular weight is 808 g/mol. The van der Waals surface area contributed by atoms with E-state index in [1.165, 1.54) is 22.3 Å². The minimum Gasteiger partial charge on any atom is -0.310 e. The van der Waals surface area contributed by atoms with Crippen molar-refractivity contribution >= 4 is 17.1 Å². The van der Waals surface area contributed by atoms with Gasteiger partial charge < -0.3 is 4.90 Å². The number of para-hydroxylation sites is 1. The maximum atomic E-state index is 5.10. The number of hydrogen-bond acceptors (Lipinski definition) is 3. The van der Waals surface area contributed by atoms with Crippen molar-refractivity contribution in [2.75, 3.05) is 4.90 Å². The van der Waals surface area contributed by atoms with Gasteiger partial charge in [-0.15, -0.1) is 0 Å². The van der Waals surface area contributed by atoms with Gasteiger partial charge in [-0.2, -0.15) is 0 Å². The van der Waals surface area contributed by atoms with Crippen molar-refractivity contribution in [3.8, 4) is 78.1 Å². The van der Waals surface area contributed by atoms with Crippen LogP contribution in [0.3, 0.4) is 0 Å². The van der Waals surface area contributed by atoms with Gasteiger partial charge in [0.2, 0.25) is 0 Å². The standard InChI is InChI=1S/C60H45N3/c1-42-40-61-58(38-56(42)47-26-14-6-15-27-47)51-32-49(44-20-8-3-9-21-44)34-53(36-51)63(60-31-19-18-30-55(60)46-24-12-5-13-25-46)54-35-50(45-22-10-4-11-23-45)33-52(37-54)59-39-57(43(2)41-62-59)48-28-16-7-17-29-48/h3-41H,1-2H3. The van der Waals surface area contributed by atoms with Crippen LogP contribution in [-0.4, -0.2) is 9.97 Å². The zero-order chi connectivity index (χ0) is 42.5. The molecule has 0 aliphatic carbocycles. The van der Waals surface area contributed by atoms with Crippen LogP contribution in [0.5, 0.6) is 0 Å². The van der Waals surface area contributed by atoms with Crippen LogP contribution in [0, 0.1) is 13.8 Å². The number of aromatic nitrogens is 2. The molecule has 2 heterocycles. The van der Waals surface area contributed by atoms with Crippen LogP contribution in [0.1, 0.15) is 11.1 Å². The molecular weight excluding hydrogens is 763 g/mol. The number of pyridine rings is 2. The van der Waals surface area contributed by atoms with E-state index in [4.69, 9.17) is 9.97 Å². The van der Waals surface area contributed by atoms with Crippen LogP contribution >= 0.6 is 0 Å². The van der Waals surface area contributed by atoms with Crippen LogP contribution in [0.15, 0.2) is 237 Å². The molecule has 0 spiro atoms. The van der Waals surface area contributed by atoms with Gasteiger partial charge in [-0.1, -0.05) is 170 Å². The van der Waals surface area contributed by atoms with Gasteiger partial charge in [0.1, 0.15) is 0 Å². The van der Waals surface area contributed by atoms with Crippen molar-refractivity contribution in [3.63, 3.8) is 0 Å². The van der Waals surface area contributed by atoms with Gasteiger partial charge in [0.05, 0.1) is 17.1 Å². The number of rotatable bonds is 10. The van der Waals surface area contributed by atoms with Gasteiger partial charge in [-0.25, -0.2) is 0 Å². The van der Waals surface area contributed by atoms with E-state index in [0.717, 1.165) is 84.1 Å². The van der Waals surface area contributed by atoms with Gasteiger partial charge >= 0.3 is 0 Å². The molecular formula is C60H45N3. The molecule has 3 nitrogen and oxygen atoms in total. The largest absolute Gasteiger partial charge is 0.310 e. The average Bonchev–Trinajstić information content (AvgIpc) is 3.36. The van der Waals surface area contributed by atoms with E-state index in [1.54, 1.807) is 0 Å². The molecule has 0 fully saturated rings. The van der Waals surface area contributed by atoms with Crippen LogP contribution in [0.25, 0.3) is 78.1 Å². The Morgan fingerprint density at radius 3 is 1.03 bits per heavy atom. The van der Waals surface area contributed by atoms with E-state index in [1.807, 2.05) is 12.4 Å². The smallest absolute Gasteiger partial charge is 0.0709 e. The summed E-state index contributed by atoms with van der Waals surface area (Å²) in [6, 6.07) is 80.2. The third kappa shape index (κ3) is 8.21. The van der Waals surface area contributed by atoms with E-state index in [0.29, 0.717) is 0 Å². The lowest BCUT2D eigenvalue weighted by molar-refractivity contribution is 1.25. The van der Waals surface area contributed by atoms with E-state index >= 15 is 0 Å². The number of aryl methyl sites for hydroxylation is 2. The van der Waals surface area contributed by atoms with Crippen molar-refractivity contribution in [1.29, 1.82) is 0 Å². The van der Waals surface area contributed by atoms with Gasteiger partial charge in [-0.3, -0.25) is 9.97 Å². The summed E-state index contributed by atoms with van der Waals surface area (Å²) < 4.78 is 0. The van der Waals surface area contributed by atoms with Crippen LogP contribution < -0.4 is 4.90 Å². The SMILES string of the molecule is Cc1cnc(-c2cc(-c3ccccc3)cc(N(c3cc(-c4ccccc4)cc(-c4cc(-c5ccccc5)c(C)cn4)c3)c3ccccc3-c3ccccc3)c2)cc1-c1ccccc1. The highest BCUT2D eigenvalue weighted by Gasteiger charge is 2.22. The predicted molar refractivity (Wildman–Crippen MR) is 264 cm³/mol. The Morgan fingerprint density at radius 2 is 0.619 bits per heavy atom. The summed E-state index contributed by atoms with van der Waals surface area (Å²) in [5, 5.41) is 0. The molecule has 0 atom stereocenters. The third-order valence-electron chi connectivity index (χ3n) is 11.8. The molecule has 8 aromatic carbocycles. The van der Waals surface area contributed by atoms with E-state index < -0.39 is 0 Å². The Balaban J connectivity index is 1.25. The minimum absolute atomic E-state index is 0.908. The molecule has 0 aliphatic heterocycles. The lowest BCUT2D eigenvalue weighted by Gasteiger charge is -2.30. The zero-order valence-electron chi connectivity index (χ0n) is 35.4. The molecule has 0 bridgehead atoms. The second-order valence-electron chi connectivity index (χ2n) is 16.0. The summed E-state index contributed by atoms with van der Waals surface area (Å²) in [4.78, 5) is 12.6. The molecule has 2 aromatic heterocycles. The minimum atomic E-state index is 0.908. The lowest BCUT2D eigenvalue weighted by Crippen LogP contribution is -2.12. The lowest BCUT2D eigenvalue weighted by atomic mass is 9.94. The van der Waals surface area contributed by atoms with Gasteiger partial charge in [0.15, 0.2) is 0 Å². The molecule has 10 rings (SSSR count). The Bertz CT molecular complexity index is 2990. The third-order valence-corrected chi connectivity index (χ3v) is 11.8. The second-order valence-corrected chi connectivity index (χ2v) is 16.0. The molecule has 0 saturated heterocycles. The number of anilines is 3. The molecule has 0 unspecified atom stereocenters. The van der Waals surface area contributed by atoms with Crippen molar-refractivity contribution in [2.45, 2.75) is 13.8 Å². The molecule has 0 amide bonds. The van der Waals surface area contributed by atoms with E-state index in [9.17, 15) is 0 Å². The Morgan fingerprint density at radius 1 is 0.286 bits per heavy atom. The molecule has 0 radical (unpaired) electrons. The highest BCUT2D eigenvalue weighted by atomic mass is 15.1. The first-order chi connectivity index (χ1) is 31.1. The summed E-state index contributed by atoms with van der Waals surface area (Å²) in [7, 11) is 0. The Kier molecular flexibility index (Phi) is 10.8. The van der Waals surface area contributed by atoms with Crippen molar-refractivity contribution in [1.82, 2.24) is 9.97 Å². The van der Waals surface area contributed by atoms with Gasteiger partial charge in [0.25, 0.3) is 0 Å². The molecule has 0 aliphatic rings. The molecule has 63 heavy (non-hydrogen) atoms. The normalized spacial score (nSPS) is 11.0. The molecule has 300 valence electrons. The first kappa shape index (κ1) is 39.0. The number of hydrogen-bond donors (Lipinski definition) is 0. The number of nitrogens with zero attached hydrogens (tertiary/aromatic N) is 3. The second kappa shape index (κ2) is 17.5. The molecule has 3 heteroatoms. The van der Waals surface area contributed by atoms with Crippen molar-refractivity contribution in [3.05, 3.63) is 248 Å².